The lowest BCUT2D eigenvalue weighted by Crippen LogP contribution is -2.37. The lowest BCUT2D eigenvalue weighted by Gasteiger charge is -2.24. The second-order valence-corrected chi connectivity index (χ2v) is 5.24. The molecule has 0 saturated carbocycles. The van der Waals surface area contributed by atoms with Gasteiger partial charge in [0.15, 0.2) is 0 Å². The Morgan fingerprint density at radius 1 is 1.35 bits per heavy atom. The van der Waals surface area contributed by atoms with Gasteiger partial charge in [-0.2, -0.15) is 5.26 Å². The molecule has 0 spiro atoms. The highest BCUT2D eigenvalue weighted by atomic mass is 35.5. The zero-order chi connectivity index (χ0) is 15.0. The van der Waals surface area contributed by atoms with Crippen molar-refractivity contribution < 1.29 is 9.84 Å². The lowest BCUT2D eigenvalue weighted by molar-refractivity contribution is 0.0675. The SMILES string of the molecule is CCN(CC(C)C#N)CC(O)COc1ccc(Cl)cc1. The zero-order valence-electron chi connectivity index (χ0n) is 11.9. The minimum absolute atomic E-state index is 0.0423. The number of hydrogen-bond acceptors (Lipinski definition) is 4. The van der Waals surface area contributed by atoms with Gasteiger partial charge in [0, 0.05) is 18.1 Å². The monoisotopic (exact) mass is 296 g/mol. The van der Waals surface area contributed by atoms with Gasteiger partial charge in [0.25, 0.3) is 0 Å². The van der Waals surface area contributed by atoms with Crippen LogP contribution in [0.25, 0.3) is 0 Å². The highest BCUT2D eigenvalue weighted by Gasteiger charge is 2.13. The largest absolute Gasteiger partial charge is 0.491 e. The summed E-state index contributed by atoms with van der Waals surface area (Å²) in [5, 5.41) is 19.4. The standard InChI is InChI=1S/C15H21ClN2O2/c1-3-18(9-12(2)8-17)10-14(19)11-20-15-6-4-13(16)5-7-15/h4-7,12,14,19H,3,9-11H2,1-2H3. The molecule has 1 aromatic carbocycles. The number of aliphatic hydroxyl groups is 1. The Morgan fingerprint density at radius 2 is 2.00 bits per heavy atom. The molecule has 2 atom stereocenters. The Labute approximate surface area is 125 Å². The van der Waals surface area contributed by atoms with E-state index in [-0.39, 0.29) is 12.5 Å². The number of nitrogens with zero attached hydrogens (tertiary/aromatic N) is 2. The van der Waals surface area contributed by atoms with Crippen molar-refractivity contribution >= 4 is 11.6 Å². The second kappa shape index (κ2) is 8.80. The number of nitriles is 1. The van der Waals surface area contributed by atoms with Crippen LogP contribution in [0, 0.1) is 17.2 Å². The van der Waals surface area contributed by atoms with Crippen LogP contribution in [0.1, 0.15) is 13.8 Å². The number of hydrogen-bond donors (Lipinski definition) is 1. The predicted octanol–water partition coefficient (Wildman–Crippen LogP) is 2.56. The molecule has 1 N–H and O–H groups in total. The van der Waals surface area contributed by atoms with Crippen LogP contribution in [0.2, 0.25) is 5.02 Å². The van der Waals surface area contributed by atoms with Crippen LogP contribution < -0.4 is 4.74 Å². The summed E-state index contributed by atoms with van der Waals surface area (Å²) >= 11 is 5.79. The fourth-order valence-electron chi connectivity index (χ4n) is 1.83. The van der Waals surface area contributed by atoms with Crippen molar-refractivity contribution in [2.75, 3.05) is 26.2 Å². The number of likely N-dealkylation sites (N-methyl/N-ethyl adjacent to an activating group) is 1. The van der Waals surface area contributed by atoms with E-state index in [0.717, 1.165) is 6.54 Å². The molecule has 1 rings (SSSR count). The Bertz CT molecular complexity index is 430. The molecule has 0 heterocycles. The molecule has 0 saturated heterocycles. The number of halogens is 1. The van der Waals surface area contributed by atoms with Crippen molar-refractivity contribution in [3.8, 4) is 11.8 Å². The number of benzene rings is 1. The Balaban J connectivity index is 2.36. The van der Waals surface area contributed by atoms with Gasteiger partial charge >= 0.3 is 0 Å². The van der Waals surface area contributed by atoms with E-state index in [1.807, 2.05) is 18.7 Å². The topological polar surface area (TPSA) is 56.5 Å². The first-order valence-electron chi connectivity index (χ1n) is 6.73. The molecular formula is C15H21ClN2O2. The molecule has 5 heteroatoms. The molecule has 0 aliphatic rings. The van der Waals surface area contributed by atoms with Crippen LogP contribution in [-0.2, 0) is 0 Å². The van der Waals surface area contributed by atoms with E-state index in [1.165, 1.54) is 0 Å². The lowest BCUT2D eigenvalue weighted by atomic mass is 10.2. The summed E-state index contributed by atoms with van der Waals surface area (Å²) in [6.45, 7) is 6.06. The maximum Gasteiger partial charge on any atom is 0.119 e. The van der Waals surface area contributed by atoms with Gasteiger partial charge in [-0.1, -0.05) is 18.5 Å². The third-order valence-electron chi connectivity index (χ3n) is 2.92. The summed E-state index contributed by atoms with van der Waals surface area (Å²) in [4.78, 5) is 2.05. The van der Waals surface area contributed by atoms with Gasteiger partial charge in [-0.05, 0) is 37.7 Å². The van der Waals surface area contributed by atoms with Crippen molar-refractivity contribution in [2.45, 2.75) is 20.0 Å². The fourth-order valence-corrected chi connectivity index (χ4v) is 1.96. The minimum atomic E-state index is -0.587. The average Bonchev–Trinajstić information content (AvgIpc) is 2.45. The van der Waals surface area contributed by atoms with Crippen molar-refractivity contribution in [1.82, 2.24) is 4.90 Å². The molecule has 1 aromatic rings. The van der Waals surface area contributed by atoms with Gasteiger partial charge in [-0.25, -0.2) is 0 Å². The van der Waals surface area contributed by atoms with Crippen molar-refractivity contribution in [3.63, 3.8) is 0 Å². The first-order chi connectivity index (χ1) is 9.55. The van der Waals surface area contributed by atoms with Crippen LogP contribution in [0.3, 0.4) is 0 Å². The first-order valence-corrected chi connectivity index (χ1v) is 7.11. The third-order valence-corrected chi connectivity index (χ3v) is 3.18. The molecule has 0 radical (unpaired) electrons. The Kier molecular flexibility index (Phi) is 7.38. The molecule has 0 bridgehead atoms. The summed E-state index contributed by atoms with van der Waals surface area (Å²) in [6.07, 6.45) is -0.587. The van der Waals surface area contributed by atoms with E-state index in [9.17, 15) is 5.11 Å². The van der Waals surface area contributed by atoms with E-state index in [4.69, 9.17) is 21.6 Å². The van der Waals surface area contributed by atoms with Crippen LogP contribution in [0.5, 0.6) is 5.75 Å². The van der Waals surface area contributed by atoms with E-state index in [2.05, 4.69) is 6.07 Å². The van der Waals surface area contributed by atoms with Gasteiger partial charge in [0.05, 0.1) is 12.0 Å². The summed E-state index contributed by atoms with van der Waals surface area (Å²) in [5.74, 6) is 0.640. The van der Waals surface area contributed by atoms with Gasteiger partial charge in [-0.3, -0.25) is 4.90 Å². The highest BCUT2D eigenvalue weighted by Crippen LogP contribution is 2.15. The predicted molar refractivity (Wildman–Crippen MR) is 79.8 cm³/mol. The molecule has 110 valence electrons. The van der Waals surface area contributed by atoms with Crippen LogP contribution in [-0.4, -0.2) is 42.4 Å². The molecule has 2 unspecified atom stereocenters. The van der Waals surface area contributed by atoms with Crippen molar-refractivity contribution in [2.24, 2.45) is 5.92 Å². The smallest absolute Gasteiger partial charge is 0.119 e. The summed E-state index contributed by atoms with van der Waals surface area (Å²) in [7, 11) is 0. The average molecular weight is 297 g/mol. The van der Waals surface area contributed by atoms with E-state index >= 15 is 0 Å². The molecule has 4 nitrogen and oxygen atoms in total. The van der Waals surface area contributed by atoms with Gasteiger partial charge in [-0.15, -0.1) is 0 Å². The highest BCUT2D eigenvalue weighted by molar-refractivity contribution is 6.30. The molecule has 0 aliphatic carbocycles. The fraction of sp³-hybridized carbons (Fsp3) is 0.533. The molecule has 0 fully saturated rings. The van der Waals surface area contributed by atoms with E-state index in [0.29, 0.717) is 23.9 Å². The number of rotatable bonds is 8. The van der Waals surface area contributed by atoms with Gasteiger partial charge < -0.3 is 9.84 Å². The van der Waals surface area contributed by atoms with Crippen LogP contribution in [0.15, 0.2) is 24.3 Å². The minimum Gasteiger partial charge on any atom is -0.491 e. The maximum absolute atomic E-state index is 9.98. The van der Waals surface area contributed by atoms with Gasteiger partial charge in [0.1, 0.15) is 18.5 Å². The second-order valence-electron chi connectivity index (χ2n) is 4.80. The van der Waals surface area contributed by atoms with Crippen molar-refractivity contribution in [1.29, 1.82) is 5.26 Å². The summed E-state index contributed by atoms with van der Waals surface area (Å²) in [5.41, 5.74) is 0. The molecule has 0 aliphatic heterocycles. The normalized spacial score (nSPS) is 13.8. The summed E-state index contributed by atoms with van der Waals surface area (Å²) < 4.78 is 5.50. The van der Waals surface area contributed by atoms with E-state index in [1.54, 1.807) is 24.3 Å². The number of ether oxygens (including phenoxy) is 1. The first kappa shape index (κ1) is 16.8. The van der Waals surface area contributed by atoms with E-state index < -0.39 is 6.10 Å². The van der Waals surface area contributed by atoms with Gasteiger partial charge in [0.2, 0.25) is 0 Å². The molecule has 0 aromatic heterocycles. The molecule has 0 amide bonds. The zero-order valence-corrected chi connectivity index (χ0v) is 12.7. The van der Waals surface area contributed by atoms with Crippen LogP contribution >= 0.6 is 11.6 Å². The van der Waals surface area contributed by atoms with Crippen molar-refractivity contribution in [3.05, 3.63) is 29.3 Å². The Morgan fingerprint density at radius 3 is 2.55 bits per heavy atom. The summed E-state index contributed by atoms with van der Waals surface area (Å²) in [6, 6.07) is 9.23. The maximum atomic E-state index is 9.98. The third kappa shape index (κ3) is 6.25. The number of aliphatic hydroxyl groups excluding tert-OH is 1. The molecule has 20 heavy (non-hydrogen) atoms. The Hall–Kier alpha value is -1.28. The molecular weight excluding hydrogens is 276 g/mol. The van der Waals surface area contributed by atoms with Crippen LogP contribution in [0.4, 0.5) is 0 Å². The quantitative estimate of drug-likeness (QED) is 0.801.